The first-order chi connectivity index (χ1) is 8.62. The Hall–Kier alpha value is -0.490. The minimum absolute atomic E-state index is 0.438. The van der Waals surface area contributed by atoms with Crippen LogP contribution in [0.2, 0.25) is 5.02 Å². The summed E-state index contributed by atoms with van der Waals surface area (Å²) < 4.78 is 0. The van der Waals surface area contributed by atoms with E-state index in [0.717, 1.165) is 10.9 Å². The second-order valence-electron chi connectivity index (χ2n) is 6.28. The first-order valence-corrected chi connectivity index (χ1v) is 7.76. The summed E-state index contributed by atoms with van der Waals surface area (Å²) in [5, 5.41) is 0.855. The molecule has 0 aliphatic heterocycles. The van der Waals surface area contributed by atoms with Crippen LogP contribution < -0.4 is 0 Å². The zero-order valence-corrected chi connectivity index (χ0v) is 12.5. The van der Waals surface area contributed by atoms with E-state index in [-0.39, 0.29) is 0 Å². The fourth-order valence-corrected chi connectivity index (χ4v) is 3.41. The Morgan fingerprint density at radius 3 is 2.22 bits per heavy atom. The van der Waals surface area contributed by atoms with Crippen molar-refractivity contribution in [3.8, 4) is 0 Å². The third kappa shape index (κ3) is 3.29. The first-order valence-electron chi connectivity index (χ1n) is 7.38. The molecule has 0 amide bonds. The topological polar surface area (TPSA) is 0 Å². The summed E-state index contributed by atoms with van der Waals surface area (Å²) in [6.45, 7) is 4.66. The molecule has 1 saturated carbocycles. The van der Waals surface area contributed by atoms with Gasteiger partial charge in [-0.15, -0.1) is 0 Å². The maximum atomic E-state index is 6.02. The van der Waals surface area contributed by atoms with Gasteiger partial charge < -0.3 is 0 Å². The van der Waals surface area contributed by atoms with Crippen molar-refractivity contribution in [3.05, 3.63) is 34.9 Å². The summed E-state index contributed by atoms with van der Waals surface area (Å²) in [4.78, 5) is 0. The van der Waals surface area contributed by atoms with Crippen LogP contribution in [0.1, 0.15) is 64.4 Å². The van der Waals surface area contributed by atoms with Crippen molar-refractivity contribution in [3.63, 3.8) is 0 Å². The summed E-state index contributed by atoms with van der Waals surface area (Å²) in [7, 11) is 0. The van der Waals surface area contributed by atoms with Gasteiger partial charge in [0.1, 0.15) is 0 Å². The fraction of sp³-hybridized carbons (Fsp3) is 0.647. The third-order valence-corrected chi connectivity index (χ3v) is 4.72. The number of halogens is 1. The van der Waals surface area contributed by atoms with Crippen LogP contribution in [0.25, 0.3) is 0 Å². The molecule has 1 aliphatic rings. The van der Waals surface area contributed by atoms with E-state index in [0.29, 0.717) is 5.41 Å². The van der Waals surface area contributed by atoms with Gasteiger partial charge in [0.05, 0.1) is 0 Å². The van der Waals surface area contributed by atoms with Crippen molar-refractivity contribution in [2.45, 2.75) is 64.2 Å². The lowest BCUT2D eigenvalue weighted by Gasteiger charge is -2.38. The number of benzene rings is 1. The van der Waals surface area contributed by atoms with Crippen molar-refractivity contribution >= 4 is 11.6 Å². The Morgan fingerprint density at radius 1 is 1.06 bits per heavy atom. The van der Waals surface area contributed by atoms with E-state index in [1.807, 2.05) is 0 Å². The standard InChI is InChI=1S/C17H25Cl/c1-14(2)10-13-17(11-4-3-5-12-17)15-6-8-16(18)9-7-15/h6-9,14H,3-5,10-13H2,1-2H3. The molecule has 0 spiro atoms. The highest BCUT2D eigenvalue weighted by atomic mass is 35.5. The van der Waals surface area contributed by atoms with E-state index in [1.165, 1.54) is 50.5 Å². The van der Waals surface area contributed by atoms with Crippen LogP contribution in [-0.2, 0) is 5.41 Å². The molecule has 1 aliphatic carbocycles. The first kappa shape index (κ1) is 13.9. The van der Waals surface area contributed by atoms with Crippen LogP contribution in [0, 0.1) is 5.92 Å². The molecule has 100 valence electrons. The summed E-state index contributed by atoms with van der Waals surface area (Å²) in [6, 6.07) is 8.63. The second kappa shape index (κ2) is 6.10. The lowest BCUT2D eigenvalue weighted by atomic mass is 9.66. The minimum Gasteiger partial charge on any atom is -0.0843 e. The fourth-order valence-electron chi connectivity index (χ4n) is 3.28. The number of hydrogen-bond donors (Lipinski definition) is 0. The molecular weight excluding hydrogens is 240 g/mol. The Morgan fingerprint density at radius 2 is 1.67 bits per heavy atom. The van der Waals surface area contributed by atoms with E-state index in [4.69, 9.17) is 11.6 Å². The number of rotatable bonds is 4. The summed E-state index contributed by atoms with van der Waals surface area (Å²) in [5.41, 5.74) is 1.96. The highest BCUT2D eigenvalue weighted by molar-refractivity contribution is 6.30. The molecule has 1 aromatic carbocycles. The Labute approximate surface area is 117 Å². The maximum Gasteiger partial charge on any atom is 0.0406 e. The van der Waals surface area contributed by atoms with Crippen molar-refractivity contribution in [1.82, 2.24) is 0 Å². The van der Waals surface area contributed by atoms with Crippen LogP contribution in [0.15, 0.2) is 24.3 Å². The molecular formula is C17H25Cl. The van der Waals surface area contributed by atoms with Crippen molar-refractivity contribution in [2.75, 3.05) is 0 Å². The quantitative estimate of drug-likeness (QED) is 0.628. The van der Waals surface area contributed by atoms with Gasteiger partial charge in [-0.25, -0.2) is 0 Å². The minimum atomic E-state index is 0.438. The zero-order valence-electron chi connectivity index (χ0n) is 11.7. The molecule has 0 N–H and O–H groups in total. The van der Waals surface area contributed by atoms with Crippen molar-refractivity contribution in [1.29, 1.82) is 0 Å². The molecule has 2 rings (SSSR count). The van der Waals surface area contributed by atoms with Gasteiger partial charge >= 0.3 is 0 Å². The maximum absolute atomic E-state index is 6.02. The lowest BCUT2D eigenvalue weighted by molar-refractivity contribution is 0.257. The van der Waals surface area contributed by atoms with Gasteiger partial charge in [-0.1, -0.05) is 63.3 Å². The van der Waals surface area contributed by atoms with E-state index in [2.05, 4.69) is 38.1 Å². The Balaban J connectivity index is 2.20. The van der Waals surface area contributed by atoms with Crippen LogP contribution in [0.5, 0.6) is 0 Å². The highest BCUT2D eigenvalue weighted by Crippen LogP contribution is 2.43. The molecule has 0 radical (unpaired) electrons. The summed E-state index contributed by atoms with van der Waals surface area (Å²) in [5.74, 6) is 0.802. The van der Waals surface area contributed by atoms with Crippen LogP contribution in [-0.4, -0.2) is 0 Å². The molecule has 0 bridgehead atoms. The van der Waals surface area contributed by atoms with Gasteiger partial charge in [0.15, 0.2) is 0 Å². The molecule has 0 unspecified atom stereocenters. The van der Waals surface area contributed by atoms with Crippen LogP contribution >= 0.6 is 11.6 Å². The second-order valence-corrected chi connectivity index (χ2v) is 6.72. The monoisotopic (exact) mass is 264 g/mol. The molecule has 0 heterocycles. The van der Waals surface area contributed by atoms with Crippen molar-refractivity contribution in [2.24, 2.45) is 5.92 Å². The summed E-state index contributed by atoms with van der Waals surface area (Å²) >= 11 is 6.02. The zero-order chi connectivity index (χ0) is 13.0. The normalized spacial score (nSPS) is 19.1. The largest absolute Gasteiger partial charge is 0.0843 e. The van der Waals surface area contributed by atoms with E-state index >= 15 is 0 Å². The smallest absolute Gasteiger partial charge is 0.0406 e. The average molecular weight is 265 g/mol. The molecule has 0 atom stereocenters. The molecule has 1 aromatic rings. The molecule has 0 aromatic heterocycles. The Bertz CT molecular complexity index is 358. The highest BCUT2D eigenvalue weighted by Gasteiger charge is 2.33. The van der Waals surface area contributed by atoms with Gasteiger partial charge in [0, 0.05) is 5.02 Å². The van der Waals surface area contributed by atoms with Gasteiger partial charge in [-0.2, -0.15) is 0 Å². The molecule has 0 nitrogen and oxygen atoms in total. The lowest BCUT2D eigenvalue weighted by Crippen LogP contribution is -2.29. The predicted octanol–water partition coefficient (Wildman–Crippen LogP) is 5.98. The van der Waals surface area contributed by atoms with Crippen molar-refractivity contribution < 1.29 is 0 Å². The van der Waals surface area contributed by atoms with E-state index < -0.39 is 0 Å². The van der Waals surface area contributed by atoms with Gasteiger partial charge in [0.2, 0.25) is 0 Å². The van der Waals surface area contributed by atoms with Gasteiger partial charge in [0.25, 0.3) is 0 Å². The molecule has 0 saturated heterocycles. The predicted molar refractivity (Wildman–Crippen MR) is 80.3 cm³/mol. The summed E-state index contributed by atoms with van der Waals surface area (Å²) in [6.07, 6.45) is 9.59. The van der Waals surface area contributed by atoms with Crippen LogP contribution in [0.3, 0.4) is 0 Å². The van der Waals surface area contributed by atoms with Gasteiger partial charge in [-0.05, 0) is 48.3 Å². The van der Waals surface area contributed by atoms with E-state index in [9.17, 15) is 0 Å². The molecule has 18 heavy (non-hydrogen) atoms. The SMILES string of the molecule is CC(C)CCC1(c2ccc(Cl)cc2)CCCCC1. The third-order valence-electron chi connectivity index (χ3n) is 4.47. The average Bonchev–Trinajstić information content (AvgIpc) is 2.38. The number of hydrogen-bond acceptors (Lipinski definition) is 0. The van der Waals surface area contributed by atoms with E-state index in [1.54, 1.807) is 0 Å². The molecule has 1 fully saturated rings. The van der Waals surface area contributed by atoms with Gasteiger partial charge in [-0.3, -0.25) is 0 Å². The van der Waals surface area contributed by atoms with Crippen LogP contribution in [0.4, 0.5) is 0 Å². The molecule has 1 heteroatoms. The Kier molecular flexibility index (Phi) is 4.72.